The van der Waals surface area contributed by atoms with Gasteiger partial charge in [0.05, 0.1) is 11.6 Å². The first kappa shape index (κ1) is 18.8. The largest absolute Gasteiger partial charge is 0.387 e. The van der Waals surface area contributed by atoms with E-state index in [1.807, 2.05) is 12.3 Å². The maximum absolute atomic E-state index is 11.7. The van der Waals surface area contributed by atoms with Crippen LogP contribution in [-0.2, 0) is 4.79 Å². The van der Waals surface area contributed by atoms with Crippen LogP contribution in [-0.4, -0.2) is 64.0 Å². The van der Waals surface area contributed by atoms with E-state index in [1.54, 1.807) is 11.1 Å². The van der Waals surface area contributed by atoms with E-state index in [4.69, 9.17) is 21.7 Å². The predicted octanol–water partition coefficient (Wildman–Crippen LogP) is 1.37. The van der Waals surface area contributed by atoms with Gasteiger partial charge in [0.25, 0.3) is 0 Å². The van der Waals surface area contributed by atoms with Gasteiger partial charge in [0.1, 0.15) is 23.9 Å². The van der Waals surface area contributed by atoms with Crippen LogP contribution in [0.1, 0.15) is 25.3 Å². The van der Waals surface area contributed by atoms with Crippen LogP contribution in [0.25, 0.3) is 11.0 Å². The number of aliphatic imine (C=N–C) groups is 1. The molecule has 4 N–H and O–H groups in total. The number of likely N-dealkylation sites (tertiary alicyclic amines) is 1. The highest BCUT2D eigenvalue weighted by Crippen LogP contribution is 2.23. The first-order valence-electron chi connectivity index (χ1n) is 9.40. The number of carbonyl (C=O) groups excluding carboxylic acids is 1. The second kappa shape index (κ2) is 7.81. The van der Waals surface area contributed by atoms with Gasteiger partial charge < -0.3 is 25.6 Å². The van der Waals surface area contributed by atoms with Crippen LogP contribution in [0.3, 0.4) is 0 Å². The molecule has 2 aliphatic rings. The minimum absolute atomic E-state index is 0.137. The number of aromatic nitrogens is 2. The van der Waals surface area contributed by atoms with Gasteiger partial charge in [-0.15, -0.1) is 0 Å². The summed E-state index contributed by atoms with van der Waals surface area (Å²) in [4.78, 5) is 25.6. The zero-order valence-corrected chi connectivity index (χ0v) is 16.4. The van der Waals surface area contributed by atoms with E-state index in [0.717, 1.165) is 41.1 Å². The fourth-order valence-electron chi connectivity index (χ4n) is 3.66. The van der Waals surface area contributed by atoms with Crippen molar-refractivity contribution in [2.24, 2.45) is 4.99 Å². The number of amidine groups is 1. The van der Waals surface area contributed by atoms with E-state index in [2.05, 4.69) is 27.5 Å². The summed E-state index contributed by atoms with van der Waals surface area (Å²) in [6.07, 6.45) is 5.21. The molecule has 0 radical (unpaired) electrons. The van der Waals surface area contributed by atoms with Crippen LogP contribution in [0.15, 0.2) is 34.8 Å². The van der Waals surface area contributed by atoms with Crippen LogP contribution in [0, 0.1) is 0 Å². The molecule has 0 unspecified atom stereocenters. The fourth-order valence-corrected chi connectivity index (χ4v) is 3.82. The molecule has 0 aliphatic carbocycles. The normalized spacial score (nSPS) is 19.8. The molecule has 2 aliphatic heterocycles. The number of aromatic amines is 1. The van der Waals surface area contributed by atoms with Gasteiger partial charge in [0.2, 0.25) is 5.91 Å². The molecule has 0 spiro atoms. The Morgan fingerprint density at radius 2 is 2.36 bits per heavy atom. The van der Waals surface area contributed by atoms with Crippen molar-refractivity contribution >= 4 is 34.4 Å². The third-order valence-electron chi connectivity index (χ3n) is 5.23. The Hall–Kier alpha value is -2.58. The number of rotatable bonds is 5. The standard InChI is InChI=1S/C19H23ClN6O2/c1-2-11-6-21-19(15-8-23-18-14(15)5-12(20)7-22-18)25-17(11)24-13-3-4-26(9-13)16(28)10-27/h5,7-8,13,24,27H,2-4,6,9-10H2,1H3,(H,21,25)(H,22,23)/t13-/m0/s1. The molecule has 148 valence electrons. The highest BCUT2D eigenvalue weighted by molar-refractivity contribution is 6.31. The monoisotopic (exact) mass is 402 g/mol. The van der Waals surface area contributed by atoms with Crippen molar-refractivity contribution in [3.8, 4) is 0 Å². The number of fused-ring (bicyclic) bond motifs is 1. The molecule has 28 heavy (non-hydrogen) atoms. The van der Waals surface area contributed by atoms with Crippen molar-refractivity contribution in [3.05, 3.63) is 40.4 Å². The number of aliphatic hydroxyl groups is 1. The molecule has 2 aromatic heterocycles. The number of carbonyl (C=O) groups is 1. The first-order valence-corrected chi connectivity index (χ1v) is 9.78. The summed E-state index contributed by atoms with van der Waals surface area (Å²) in [5.41, 5.74) is 2.87. The van der Waals surface area contributed by atoms with Gasteiger partial charge in [-0.2, -0.15) is 0 Å². The lowest BCUT2D eigenvalue weighted by Gasteiger charge is -2.26. The minimum Gasteiger partial charge on any atom is -0.387 e. The van der Waals surface area contributed by atoms with E-state index in [9.17, 15) is 4.79 Å². The number of nitrogens with one attached hydrogen (secondary N) is 3. The topological polar surface area (TPSA) is 106 Å². The van der Waals surface area contributed by atoms with Crippen LogP contribution >= 0.6 is 11.6 Å². The summed E-state index contributed by atoms with van der Waals surface area (Å²) in [5, 5.41) is 17.5. The molecule has 4 heterocycles. The minimum atomic E-state index is -0.443. The molecule has 1 atom stereocenters. The summed E-state index contributed by atoms with van der Waals surface area (Å²) in [5.74, 6) is 1.48. The van der Waals surface area contributed by atoms with E-state index in [1.165, 1.54) is 5.57 Å². The first-order chi connectivity index (χ1) is 13.6. The molecule has 4 rings (SSSR count). The summed E-state index contributed by atoms with van der Waals surface area (Å²) in [6.45, 7) is 3.50. The second-order valence-corrected chi connectivity index (χ2v) is 7.44. The Labute approximate surface area is 167 Å². The summed E-state index contributed by atoms with van der Waals surface area (Å²) in [7, 11) is 0. The van der Waals surface area contributed by atoms with E-state index in [-0.39, 0.29) is 11.9 Å². The zero-order valence-electron chi connectivity index (χ0n) is 15.6. The van der Waals surface area contributed by atoms with Gasteiger partial charge >= 0.3 is 0 Å². The maximum Gasteiger partial charge on any atom is 0.248 e. The predicted molar refractivity (Wildman–Crippen MR) is 108 cm³/mol. The van der Waals surface area contributed by atoms with Crippen molar-refractivity contribution in [1.29, 1.82) is 0 Å². The fraction of sp³-hybridized carbons (Fsp3) is 0.421. The third-order valence-corrected chi connectivity index (χ3v) is 5.44. The van der Waals surface area contributed by atoms with Gasteiger partial charge in [-0.05, 0) is 24.5 Å². The smallest absolute Gasteiger partial charge is 0.248 e. The maximum atomic E-state index is 11.7. The van der Waals surface area contributed by atoms with Crippen molar-refractivity contribution in [2.45, 2.75) is 25.8 Å². The SMILES string of the molecule is CCC1=C(N[C@H]2CCN(C(=O)CO)C2)NC(c2c[nH]c3ncc(Cl)cc23)=NC1. The van der Waals surface area contributed by atoms with Crippen molar-refractivity contribution < 1.29 is 9.90 Å². The average molecular weight is 403 g/mol. The van der Waals surface area contributed by atoms with Crippen molar-refractivity contribution in [3.63, 3.8) is 0 Å². The molecule has 9 heteroatoms. The number of hydrogen-bond acceptors (Lipinski definition) is 6. The van der Waals surface area contributed by atoms with E-state index < -0.39 is 6.61 Å². The van der Waals surface area contributed by atoms with E-state index >= 15 is 0 Å². The Bertz CT molecular complexity index is 966. The molecular weight excluding hydrogens is 380 g/mol. The van der Waals surface area contributed by atoms with Crippen molar-refractivity contribution in [2.75, 3.05) is 26.2 Å². The van der Waals surface area contributed by atoms with Gasteiger partial charge in [-0.25, -0.2) is 4.98 Å². The summed E-state index contributed by atoms with van der Waals surface area (Å²) < 4.78 is 0. The van der Waals surface area contributed by atoms with Crippen LogP contribution in [0.5, 0.6) is 0 Å². The molecule has 0 bridgehead atoms. The van der Waals surface area contributed by atoms with Gasteiger partial charge in [0.15, 0.2) is 0 Å². The van der Waals surface area contributed by atoms with Crippen LogP contribution in [0.4, 0.5) is 0 Å². The molecular formula is C19H23ClN6O2. The molecule has 0 aromatic carbocycles. The van der Waals surface area contributed by atoms with E-state index in [0.29, 0.717) is 24.7 Å². The quantitative estimate of drug-likeness (QED) is 0.604. The Morgan fingerprint density at radius 1 is 1.50 bits per heavy atom. The second-order valence-electron chi connectivity index (χ2n) is 7.00. The summed E-state index contributed by atoms with van der Waals surface area (Å²) >= 11 is 6.12. The number of halogens is 1. The van der Waals surface area contributed by atoms with Crippen LogP contribution in [0.2, 0.25) is 5.02 Å². The zero-order chi connectivity index (χ0) is 19.7. The van der Waals surface area contributed by atoms with Gasteiger partial charge in [0, 0.05) is 42.5 Å². The molecule has 8 nitrogen and oxygen atoms in total. The van der Waals surface area contributed by atoms with Crippen molar-refractivity contribution in [1.82, 2.24) is 25.5 Å². The Kier molecular flexibility index (Phi) is 5.23. The number of amides is 1. The molecule has 1 saturated heterocycles. The van der Waals surface area contributed by atoms with Gasteiger partial charge in [-0.1, -0.05) is 18.5 Å². The summed E-state index contributed by atoms with van der Waals surface area (Å²) in [6, 6.07) is 2.01. The Morgan fingerprint density at radius 3 is 3.14 bits per heavy atom. The highest BCUT2D eigenvalue weighted by atomic mass is 35.5. The van der Waals surface area contributed by atoms with Gasteiger partial charge in [-0.3, -0.25) is 9.79 Å². The average Bonchev–Trinajstić information content (AvgIpc) is 3.34. The number of aliphatic hydroxyl groups excluding tert-OH is 1. The lowest BCUT2D eigenvalue weighted by molar-refractivity contribution is -0.133. The third kappa shape index (κ3) is 3.57. The lowest BCUT2D eigenvalue weighted by Crippen LogP contribution is -2.43. The highest BCUT2D eigenvalue weighted by Gasteiger charge is 2.28. The molecule has 1 fully saturated rings. The van der Waals surface area contributed by atoms with Crippen LogP contribution < -0.4 is 10.6 Å². The number of nitrogens with zero attached hydrogens (tertiary/aromatic N) is 3. The Balaban J connectivity index is 1.52. The molecule has 0 saturated carbocycles. The number of hydrogen-bond donors (Lipinski definition) is 4. The lowest BCUT2D eigenvalue weighted by atomic mass is 10.1. The number of pyridine rings is 1. The number of H-pyrrole nitrogens is 1. The molecule has 2 aromatic rings. The molecule has 1 amide bonds.